The number of piperidine rings is 1. The molecule has 1 aliphatic heterocycles. The van der Waals surface area contributed by atoms with Crippen molar-refractivity contribution in [1.29, 1.82) is 0 Å². The first-order valence-corrected chi connectivity index (χ1v) is 9.18. The largest absolute Gasteiger partial charge is 0.344 e. The topological polar surface area (TPSA) is 59.0 Å². The van der Waals surface area contributed by atoms with Gasteiger partial charge in [0.05, 0.1) is 12.1 Å². The van der Waals surface area contributed by atoms with Crippen LogP contribution in [-0.4, -0.2) is 28.8 Å². The highest BCUT2D eigenvalue weighted by Crippen LogP contribution is 2.25. The molecule has 2 heterocycles. The van der Waals surface area contributed by atoms with Gasteiger partial charge in [-0.1, -0.05) is 38.1 Å². The van der Waals surface area contributed by atoms with Gasteiger partial charge in [0.1, 0.15) is 5.69 Å². The lowest BCUT2D eigenvalue weighted by Crippen LogP contribution is -2.33. The van der Waals surface area contributed by atoms with E-state index in [9.17, 15) is 4.79 Å². The lowest BCUT2D eigenvalue weighted by atomic mass is 9.92. The summed E-state index contributed by atoms with van der Waals surface area (Å²) in [7, 11) is 0. The lowest BCUT2D eigenvalue weighted by Gasteiger charge is -2.24. The summed E-state index contributed by atoms with van der Waals surface area (Å²) in [6.07, 6.45) is 4.17. The Balaban J connectivity index is 1.74. The minimum Gasteiger partial charge on any atom is -0.344 e. The Morgan fingerprint density at radius 2 is 2.12 bits per heavy atom. The molecule has 2 atom stereocenters. The van der Waals surface area contributed by atoms with E-state index in [0.717, 1.165) is 25.9 Å². The molecule has 5 heteroatoms. The molecule has 1 fully saturated rings. The molecule has 0 aliphatic carbocycles. The third kappa shape index (κ3) is 4.10. The minimum absolute atomic E-state index is 0.0183. The number of rotatable bonds is 5. The molecule has 25 heavy (non-hydrogen) atoms. The van der Waals surface area contributed by atoms with Crippen molar-refractivity contribution in [2.24, 2.45) is 5.92 Å². The molecule has 0 saturated carbocycles. The van der Waals surface area contributed by atoms with E-state index in [1.165, 1.54) is 11.1 Å². The maximum atomic E-state index is 12.7. The standard InChI is InChI=1S/C20H28N4O/c1-14(2)19(17-9-5-4-7-15(17)3)22-20(25)18-10-12-24(23-18)16-8-6-11-21-13-16/h4-5,7,9-10,12,14,16,19,21H,6,8,11,13H2,1-3H3,(H,22,25). The number of carbonyl (C=O) groups is 1. The van der Waals surface area contributed by atoms with Gasteiger partial charge < -0.3 is 10.6 Å². The van der Waals surface area contributed by atoms with Gasteiger partial charge in [0.25, 0.3) is 5.91 Å². The summed E-state index contributed by atoms with van der Waals surface area (Å²) < 4.78 is 1.93. The Morgan fingerprint density at radius 1 is 1.32 bits per heavy atom. The SMILES string of the molecule is Cc1ccccc1C(NC(=O)c1ccn(C2CCCNC2)n1)C(C)C. The molecule has 2 N–H and O–H groups in total. The van der Waals surface area contributed by atoms with Crippen LogP contribution in [0.5, 0.6) is 0 Å². The molecule has 0 spiro atoms. The summed E-state index contributed by atoms with van der Waals surface area (Å²) in [6, 6.07) is 10.4. The van der Waals surface area contributed by atoms with Crippen LogP contribution < -0.4 is 10.6 Å². The number of carbonyl (C=O) groups excluding carboxylic acids is 1. The zero-order chi connectivity index (χ0) is 17.8. The molecular formula is C20H28N4O. The summed E-state index contributed by atoms with van der Waals surface area (Å²) in [5.74, 6) is 0.194. The van der Waals surface area contributed by atoms with Gasteiger partial charge in [-0.2, -0.15) is 5.10 Å². The smallest absolute Gasteiger partial charge is 0.272 e. The minimum atomic E-state index is -0.107. The van der Waals surface area contributed by atoms with E-state index >= 15 is 0 Å². The van der Waals surface area contributed by atoms with Gasteiger partial charge >= 0.3 is 0 Å². The van der Waals surface area contributed by atoms with Crippen LogP contribution in [0.4, 0.5) is 0 Å². The summed E-state index contributed by atoms with van der Waals surface area (Å²) in [5.41, 5.74) is 2.85. The first-order chi connectivity index (χ1) is 12.1. The van der Waals surface area contributed by atoms with Crippen LogP contribution in [0.1, 0.15) is 60.4 Å². The fraction of sp³-hybridized carbons (Fsp3) is 0.500. The average Bonchev–Trinajstić information content (AvgIpc) is 3.11. The second-order valence-corrected chi connectivity index (χ2v) is 7.23. The molecule has 134 valence electrons. The number of benzene rings is 1. The first-order valence-electron chi connectivity index (χ1n) is 9.18. The van der Waals surface area contributed by atoms with Crippen LogP contribution in [0.2, 0.25) is 0 Å². The van der Waals surface area contributed by atoms with E-state index in [1.54, 1.807) is 0 Å². The number of aromatic nitrogens is 2. The molecule has 1 amide bonds. The molecule has 1 saturated heterocycles. The average molecular weight is 340 g/mol. The van der Waals surface area contributed by atoms with Crippen molar-refractivity contribution in [1.82, 2.24) is 20.4 Å². The van der Waals surface area contributed by atoms with Gasteiger partial charge in [0.15, 0.2) is 0 Å². The number of hydrogen-bond donors (Lipinski definition) is 2. The molecule has 1 aromatic heterocycles. The predicted octanol–water partition coefficient (Wildman–Crippen LogP) is 3.24. The number of nitrogens with zero attached hydrogens (tertiary/aromatic N) is 2. The monoisotopic (exact) mass is 340 g/mol. The van der Waals surface area contributed by atoms with E-state index in [4.69, 9.17) is 0 Å². The third-order valence-corrected chi connectivity index (χ3v) is 4.96. The van der Waals surface area contributed by atoms with Crippen LogP contribution in [0.3, 0.4) is 0 Å². The van der Waals surface area contributed by atoms with Gasteiger partial charge in [0.2, 0.25) is 0 Å². The second-order valence-electron chi connectivity index (χ2n) is 7.23. The van der Waals surface area contributed by atoms with Crippen LogP contribution in [0.15, 0.2) is 36.5 Å². The number of amides is 1. The van der Waals surface area contributed by atoms with Crippen LogP contribution >= 0.6 is 0 Å². The first kappa shape index (κ1) is 17.7. The Hall–Kier alpha value is -2.14. The van der Waals surface area contributed by atoms with E-state index in [-0.39, 0.29) is 11.9 Å². The van der Waals surface area contributed by atoms with Crippen LogP contribution in [-0.2, 0) is 0 Å². The van der Waals surface area contributed by atoms with Gasteiger partial charge in [-0.25, -0.2) is 0 Å². The van der Waals surface area contributed by atoms with Crippen molar-refractivity contribution in [2.45, 2.75) is 45.7 Å². The van der Waals surface area contributed by atoms with Crippen molar-refractivity contribution in [3.63, 3.8) is 0 Å². The quantitative estimate of drug-likeness (QED) is 0.878. The van der Waals surface area contributed by atoms with Crippen LogP contribution in [0.25, 0.3) is 0 Å². The molecule has 0 bridgehead atoms. The Labute approximate surface area is 149 Å². The maximum absolute atomic E-state index is 12.7. The molecule has 2 unspecified atom stereocenters. The van der Waals surface area contributed by atoms with Crippen LogP contribution in [0, 0.1) is 12.8 Å². The zero-order valence-electron chi connectivity index (χ0n) is 15.3. The maximum Gasteiger partial charge on any atom is 0.272 e. The van der Waals surface area contributed by atoms with E-state index in [2.05, 4.69) is 48.6 Å². The van der Waals surface area contributed by atoms with Gasteiger partial charge in [-0.15, -0.1) is 0 Å². The van der Waals surface area contributed by atoms with E-state index in [1.807, 2.05) is 29.1 Å². The number of hydrogen-bond acceptors (Lipinski definition) is 3. The third-order valence-electron chi connectivity index (χ3n) is 4.96. The highest BCUT2D eigenvalue weighted by atomic mass is 16.2. The molecule has 1 aliphatic rings. The highest BCUT2D eigenvalue weighted by molar-refractivity contribution is 5.92. The Bertz CT molecular complexity index is 716. The molecular weight excluding hydrogens is 312 g/mol. The van der Waals surface area contributed by atoms with Crippen molar-refractivity contribution in [2.75, 3.05) is 13.1 Å². The molecule has 0 radical (unpaired) electrons. The predicted molar refractivity (Wildman–Crippen MR) is 99.6 cm³/mol. The Morgan fingerprint density at radius 3 is 2.80 bits per heavy atom. The summed E-state index contributed by atoms with van der Waals surface area (Å²) >= 11 is 0. The fourth-order valence-electron chi connectivity index (χ4n) is 3.48. The van der Waals surface area contributed by atoms with Gasteiger partial charge in [0, 0.05) is 12.7 Å². The number of aryl methyl sites for hydroxylation is 1. The summed E-state index contributed by atoms with van der Waals surface area (Å²) in [5, 5.41) is 11.1. The van der Waals surface area contributed by atoms with Crippen molar-refractivity contribution < 1.29 is 4.79 Å². The highest BCUT2D eigenvalue weighted by Gasteiger charge is 2.23. The van der Waals surface area contributed by atoms with Gasteiger partial charge in [-0.05, 0) is 49.4 Å². The second kappa shape index (κ2) is 7.83. The summed E-state index contributed by atoms with van der Waals surface area (Å²) in [6.45, 7) is 8.33. The van der Waals surface area contributed by atoms with Crippen molar-refractivity contribution >= 4 is 5.91 Å². The lowest BCUT2D eigenvalue weighted by molar-refractivity contribution is 0.0919. The van der Waals surface area contributed by atoms with E-state index < -0.39 is 0 Å². The molecule has 1 aromatic carbocycles. The van der Waals surface area contributed by atoms with Gasteiger partial charge in [-0.3, -0.25) is 9.48 Å². The fourth-order valence-corrected chi connectivity index (χ4v) is 3.48. The van der Waals surface area contributed by atoms with Crippen molar-refractivity contribution in [3.8, 4) is 0 Å². The van der Waals surface area contributed by atoms with Crippen molar-refractivity contribution in [3.05, 3.63) is 53.3 Å². The molecule has 3 rings (SSSR count). The molecule has 2 aromatic rings. The zero-order valence-corrected chi connectivity index (χ0v) is 15.3. The molecule has 5 nitrogen and oxygen atoms in total. The number of nitrogens with one attached hydrogen (secondary N) is 2. The summed E-state index contributed by atoms with van der Waals surface area (Å²) in [4.78, 5) is 12.7. The Kier molecular flexibility index (Phi) is 5.53. The van der Waals surface area contributed by atoms with E-state index in [0.29, 0.717) is 17.7 Å². The normalized spacial score (nSPS) is 19.0.